The molecule has 0 bridgehead atoms. The highest BCUT2D eigenvalue weighted by Gasteiger charge is 2.08. The average molecular weight is 257 g/mol. The number of aromatic nitrogens is 2. The molecule has 0 aliphatic carbocycles. The van der Waals surface area contributed by atoms with Gasteiger partial charge < -0.3 is 0 Å². The first-order valence-electron chi connectivity index (χ1n) is 6.42. The number of aryl methyl sites for hydroxylation is 1. The zero-order valence-corrected chi connectivity index (χ0v) is 10.9. The van der Waals surface area contributed by atoms with Crippen LogP contribution in [-0.2, 0) is 13.0 Å². The second kappa shape index (κ2) is 6.14. The molecule has 0 unspecified atom stereocenters. The standard InChI is InChI=1S/C15H16FN3/c1-2-3-8-19-11-13(10-18-19)14-5-4-12(6-7-17)9-15(14)16/h4-5,9-11H,2-3,6,8H2,1H3. The van der Waals surface area contributed by atoms with Gasteiger partial charge in [0.1, 0.15) is 5.82 Å². The van der Waals surface area contributed by atoms with Crippen molar-refractivity contribution in [2.75, 3.05) is 0 Å². The molecule has 0 aliphatic rings. The molecule has 0 N–H and O–H groups in total. The Morgan fingerprint density at radius 2 is 2.26 bits per heavy atom. The normalized spacial score (nSPS) is 10.4. The molecule has 3 nitrogen and oxygen atoms in total. The van der Waals surface area contributed by atoms with E-state index in [1.54, 1.807) is 18.3 Å². The SMILES string of the molecule is CCCCn1cc(-c2ccc(CC#N)cc2F)cn1. The van der Waals surface area contributed by atoms with E-state index in [4.69, 9.17) is 5.26 Å². The van der Waals surface area contributed by atoms with Gasteiger partial charge in [-0.3, -0.25) is 4.68 Å². The highest BCUT2D eigenvalue weighted by molar-refractivity contribution is 5.62. The molecule has 2 rings (SSSR count). The molecule has 98 valence electrons. The molecule has 1 heterocycles. The Hall–Kier alpha value is -2.15. The van der Waals surface area contributed by atoms with Crippen LogP contribution in [0.4, 0.5) is 4.39 Å². The van der Waals surface area contributed by atoms with Crippen LogP contribution in [0.1, 0.15) is 25.3 Å². The largest absolute Gasteiger partial charge is 0.272 e. The molecular weight excluding hydrogens is 241 g/mol. The maximum absolute atomic E-state index is 14.0. The van der Waals surface area contributed by atoms with Crippen molar-refractivity contribution in [3.8, 4) is 17.2 Å². The van der Waals surface area contributed by atoms with Crippen LogP contribution in [0.25, 0.3) is 11.1 Å². The average Bonchev–Trinajstić information content (AvgIpc) is 2.85. The third-order valence-corrected chi connectivity index (χ3v) is 3.00. The van der Waals surface area contributed by atoms with Crippen LogP contribution in [0.5, 0.6) is 0 Å². The van der Waals surface area contributed by atoms with Gasteiger partial charge in [0.15, 0.2) is 0 Å². The van der Waals surface area contributed by atoms with E-state index in [0.717, 1.165) is 24.9 Å². The lowest BCUT2D eigenvalue weighted by Crippen LogP contribution is -1.96. The minimum atomic E-state index is -0.303. The second-order valence-corrected chi connectivity index (χ2v) is 4.49. The van der Waals surface area contributed by atoms with Gasteiger partial charge in [-0.2, -0.15) is 10.4 Å². The maximum atomic E-state index is 14.0. The summed E-state index contributed by atoms with van der Waals surface area (Å²) in [5, 5.41) is 12.8. The number of rotatable bonds is 5. The summed E-state index contributed by atoms with van der Waals surface area (Å²) in [4.78, 5) is 0. The van der Waals surface area contributed by atoms with E-state index in [1.165, 1.54) is 6.07 Å². The number of halogens is 1. The number of unbranched alkanes of at least 4 members (excludes halogenated alkanes) is 1. The zero-order chi connectivity index (χ0) is 13.7. The van der Waals surface area contributed by atoms with Crippen LogP contribution in [-0.4, -0.2) is 9.78 Å². The first-order chi connectivity index (χ1) is 9.24. The predicted octanol–water partition coefficient (Wildman–Crippen LogP) is 3.56. The Kier molecular flexibility index (Phi) is 4.30. The highest BCUT2D eigenvalue weighted by atomic mass is 19.1. The summed E-state index contributed by atoms with van der Waals surface area (Å²) in [7, 11) is 0. The molecule has 0 spiro atoms. The number of hydrogen-bond acceptors (Lipinski definition) is 2. The fraction of sp³-hybridized carbons (Fsp3) is 0.333. The van der Waals surface area contributed by atoms with Gasteiger partial charge >= 0.3 is 0 Å². The van der Waals surface area contributed by atoms with Crippen molar-refractivity contribution < 1.29 is 4.39 Å². The Morgan fingerprint density at radius 1 is 1.42 bits per heavy atom. The van der Waals surface area contributed by atoms with Crippen LogP contribution >= 0.6 is 0 Å². The summed E-state index contributed by atoms with van der Waals surface area (Å²) in [6.07, 6.45) is 5.93. The summed E-state index contributed by atoms with van der Waals surface area (Å²) in [6, 6.07) is 6.93. The van der Waals surface area contributed by atoms with Crippen molar-refractivity contribution in [2.45, 2.75) is 32.7 Å². The van der Waals surface area contributed by atoms with Gasteiger partial charge in [0.2, 0.25) is 0 Å². The summed E-state index contributed by atoms with van der Waals surface area (Å²) < 4.78 is 15.8. The molecule has 2 aromatic rings. The molecular formula is C15H16FN3. The van der Waals surface area contributed by atoms with E-state index in [0.29, 0.717) is 11.1 Å². The highest BCUT2D eigenvalue weighted by Crippen LogP contribution is 2.23. The molecule has 0 radical (unpaired) electrons. The van der Waals surface area contributed by atoms with Crippen LogP contribution in [0.15, 0.2) is 30.6 Å². The summed E-state index contributed by atoms with van der Waals surface area (Å²) >= 11 is 0. The van der Waals surface area contributed by atoms with Gasteiger partial charge in [0.05, 0.1) is 18.7 Å². The quantitative estimate of drug-likeness (QED) is 0.821. The van der Waals surface area contributed by atoms with Crippen LogP contribution in [0.3, 0.4) is 0 Å². The van der Waals surface area contributed by atoms with Crippen molar-refractivity contribution in [2.24, 2.45) is 0 Å². The van der Waals surface area contributed by atoms with E-state index in [1.807, 2.05) is 16.9 Å². The lowest BCUT2D eigenvalue weighted by molar-refractivity contribution is 0.572. The van der Waals surface area contributed by atoms with Crippen LogP contribution < -0.4 is 0 Å². The van der Waals surface area contributed by atoms with E-state index in [-0.39, 0.29) is 12.2 Å². The van der Waals surface area contributed by atoms with Gasteiger partial charge in [0.25, 0.3) is 0 Å². The lowest BCUT2D eigenvalue weighted by Gasteiger charge is -2.02. The number of nitriles is 1. The molecule has 1 aromatic carbocycles. The maximum Gasteiger partial charge on any atom is 0.131 e. The van der Waals surface area contributed by atoms with Gasteiger partial charge in [-0.1, -0.05) is 25.5 Å². The van der Waals surface area contributed by atoms with E-state index in [9.17, 15) is 4.39 Å². The van der Waals surface area contributed by atoms with Crippen molar-refractivity contribution >= 4 is 0 Å². The van der Waals surface area contributed by atoms with Crippen molar-refractivity contribution in [3.63, 3.8) is 0 Å². The van der Waals surface area contributed by atoms with E-state index < -0.39 is 0 Å². The van der Waals surface area contributed by atoms with E-state index in [2.05, 4.69) is 12.0 Å². The smallest absolute Gasteiger partial charge is 0.131 e. The molecule has 0 saturated heterocycles. The van der Waals surface area contributed by atoms with Gasteiger partial charge in [-0.15, -0.1) is 0 Å². The monoisotopic (exact) mass is 257 g/mol. The molecule has 0 atom stereocenters. The molecule has 0 fully saturated rings. The minimum absolute atomic E-state index is 0.229. The Labute approximate surface area is 112 Å². The number of nitrogens with zero attached hydrogens (tertiary/aromatic N) is 3. The summed E-state index contributed by atoms with van der Waals surface area (Å²) in [5.41, 5.74) is 2.00. The molecule has 0 saturated carbocycles. The van der Waals surface area contributed by atoms with Crippen molar-refractivity contribution in [1.82, 2.24) is 9.78 Å². The third kappa shape index (κ3) is 3.19. The van der Waals surface area contributed by atoms with E-state index >= 15 is 0 Å². The van der Waals surface area contributed by atoms with Crippen molar-refractivity contribution in [3.05, 3.63) is 42.0 Å². The zero-order valence-electron chi connectivity index (χ0n) is 10.9. The van der Waals surface area contributed by atoms with Gasteiger partial charge in [0, 0.05) is 23.9 Å². The third-order valence-electron chi connectivity index (χ3n) is 3.00. The van der Waals surface area contributed by atoms with Gasteiger partial charge in [-0.05, 0) is 18.1 Å². The Morgan fingerprint density at radius 3 is 2.95 bits per heavy atom. The molecule has 0 amide bonds. The number of benzene rings is 1. The molecule has 1 aromatic heterocycles. The molecule has 4 heteroatoms. The molecule has 19 heavy (non-hydrogen) atoms. The lowest BCUT2D eigenvalue weighted by atomic mass is 10.1. The fourth-order valence-corrected chi connectivity index (χ4v) is 1.94. The van der Waals surface area contributed by atoms with Crippen molar-refractivity contribution in [1.29, 1.82) is 5.26 Å². The second-order valence-electron chi connectivity index (χ2n) is 4.49. The predicted molar refractivity (Wildman–Crippen MR) is 71.8 cm³/mol. The Bertz CT molecular complexity index is 596. The van der Waals surface area contributed by atoms with Gasteiger partial charge in [-0.25, -0.2) is 4.39 Å². The van der Waals surface area contributed by atoms with Crippen LogP contribution in [0, 0.1) is 17.1 Å². The summed E-state index contributed by atoms with van der Waals surface area (Å²) in [6.45, 7) is 2.97. The first-order valence-corrected chi connectivity index (χ1v) is 6.42. The molecule has 0 aliphatic heterocycles. The summed E-state index contributed by atoms with van der Waals surface area (Å²) in [5.74, 6) is -0.303. The van der Waals surface area contributed by atoms with Crippen LogP contribution in [0.2, 0.25) is 0 Å². The minimum Gasteiger partial charge on any atom is -0.272 e. The Balaban J connectivity index is 2.22. The fourth-order valence-electron chi connectivity index (χ4n) is 1.94. The number of hydrogen-bond donors (Lipinski definition) is 0. The first kappa shape index (κ1) is 13.3. The topological polar surface area (TPSA) is 41.6 Å².